The molecular formula is C6H12BNO2. The highest BCUT2D eigenvalue weighted by Gasteiger charge is 2.11. The number of nitrogens with zero attached hydrogens (tertiary/aromatic N) is 1. The molecule has 0 unspecified atom stereocenters. The summed E-state index contributed by atoms with van der Waals surface area (Å²) in [7, 11) is 5.98. The van der Waals surface area contributed by atoms with E-state index in [2.05, 4.69) is 0 Å². The van der Waals surface area contributed by atoms with Gasteiger partial charge < -0.3 is 10.0 Å². The van der Waals surface area contributed by atoms with Crippen LogP contribution < -0.4 is 0 Å². The average Bonchev–Trinajstić information content (AvgIpc) is 2.42. The first-order chi connectivity index (χ1) is 4.80. The molecule has 1 aliphatic rings. The Morgan fingerprint density at radius 2 is 1.80 bits per heavy atom. The van der Waals surface area contributed by atoms with E-state index in [9.17, 15) is 4.79 Å². The van der Waals surface area contributed by atoms with Gasteiger partial charge in [-0.1, -0.05) is 0 Å². The van der Waals surface area contributed by atoms with Crippen LogP contribution in [0.4, 0.5) is 4.79 Å². The Bertz CT molecular complexity index is 102. The third kappa shape index (κ3) is 2.87. The number of likely N-dealkylation sites (tertiary alicyclic amines) is 1. The van der Waals surface area contributed by atoms with Gasteiger partial charge in [0.25, 0.3) is 0 Å². The minimum Gasteiger partial charge on any atom is -0.400 e. The highest BCUT2D eigenvalue weighted by molar-refractivity contribution is 6.56. The second-order valence-electron chi connectivity index (χ2n) is 2.03. The Morgan fingerprint density at radius 3 is 2.00 bits per heavy atom. The van der Waals surface area contributed by atoms with Crippen molar-refractivity contribution in [2.24, 2.45) is 0 Å². The standard InChI is InChI=1S/C5H8BNO.CH4O/c6-5(8)7-3-1-2-4-7;1-2/h1-4H2;2H,1H3. The Balaban J connectivity index is 0.000000371. The van der Waals surface area contributed by atoms with Gasteiger partial charge >= 0.3 is 0 Å². The molecule has 3 nitrogen and oxygen atoms in total. The molecule has 10 heavy (non-hydrogen) atoms. The Morgan fingerprint density at radius 1 is 1.40 bits per heavy atom. The van der Waals surface area contributed by atoms with Crippen molar-refractivity contribution in [3.8, 4) is 0 Å². The van der Waals surface area contributed by atoms with Gasteiger partial charge in [-0.3, -0.25) is 4.79 Å². The lowest BCUT2D eigenvalue weighted by atomic mass is 10.1. The van der Waals surface area contributed by atoms with Gasteiger partial charge in [-0.05, 0) is 12.8 Å². The summed E-state index contributed by atoms with van der Waals surface area (Å²) in [5.41, 5.74) is 0. The Kier molecular flexibility index (Phi) is 5.03. The molecule has 1 heterocycles. The first kappa shape index (κ1) is 9.49. The number of amides is 1. The number of carbonyl (C=O) groups is 1. The van der Waals surface area contributed by atoms with Crippen LogP contribution in [0.25, 0.3) is 0 Å². The van der Waals surface area contributed by atoms with E-state index in [1.807, 2.05) is 0 Å². The van der Waals surface area contributed by atoms with E-state index in [1.165, 1.54) is 0 Å². The van der Waals surface area contributed by atoms with E-state index in [1.54, 1.807) is 4.90 Å². The maximum absolute atomic E-state index is 10.3. The maximum Gasteiger partial charge on any atom is 0.200 e. The largest absolute Gasteiger partial charge is 0.400 e. The summed E-state index contributed by atoms with van der Waals surface area (Å²) in [6.07, 6.45) is 2.23. The summed E-state index contributed by atoms with van der Waals surface area (Å²) in [6.45, 7) is 1.71. The highest BCUT2D eigenvalue weighted by atomic mass is 16.2. The van der Waals surface area contributed by atoms with Crippen LogP contribution in [0.3, 0.4) is 0 Å². The van der Waals surface area contributed by atoms with Crippen molar-refractivity contribution in [3.63, 3.8) is 0 Å². The molecule has 1 saturated heterocycles. The van der Waals surface area contributed by atoms with E-state index < -0.39 is 0 Å². The van der Waals surface area contributed by atoms with Crippen LogP contribution in [0.15, 0.2) is 0 Å². The average molecular weight is 141 g/mol. The summed E-state index contributed by atoms with van der Waals surface area (Å²) >= 11 is 0. The van der Waals surface area contributed by atoms with Gasteiger partial charge in [-0.25, -0.2) is 0 Å². The maximum atomic E-state index is 10.3. The fourth-order valence-electron chi connectivity index (χ4n) is 0.938. The zero-order chi connectivity index (χ0) is 7.98. The Hall–Kier alpha value is -0.505. The van der Waals surface area contributed by atoms with Crippen LogP contribution in [0, 0.1) is 0 Å². The van der Waals surface area contributed by atoms with Gasteiger partial charge in [0.15, 0.2) is 5.81 Å². The van der Waals surface area contributed by atoms with E-state index in [0.29, 0.717) is 0 Å². The molecule has 0 atom stereocenters. The molecule has 56 valence electrons. The van der Waals surface area contributed by atoms with Crippen molar-refractivity contribution < 1.29 is 9.90 Å². The second-order valence-corrected chi connectivity index (χ2v) is 2.03. The lowest BCUT2D eigenvalue weighted by Crippen LogP contribution is -2.25. The molecule has 0 aliphatic carbocycles. The minimum atomic E-state index is -0.275. The highest BCUT2D eigenvalue weighted by Crippen LogP contribution is 2.05. The molecule has 1 aliphatic heterocycles. The molecule has 1 amide bonds. The van der Waals surface area contributed by atoms with Crippen molar-refractivity contribution in [3.05, 3.63) is 0 Å². The van der Waals surface area contributed by atoms with Gasteiger partial charge in [0, 0.05) is 20.2 Å². The number of carbonyl (C=O) groups excluding carboxylic acids is 1. The van der Waals surface area contributed by atoms with E-state index in [0.717, 1.165) is 33.0 Å². The number of rotatable bonds is 0. The summed E-state index contributed by atoms with van der Waals surface area (Å²) in [5.74, 6) is -0.275. The topological polar surface area (TPSA) is 40.5 Å². The van der Waals surface area contributed by atoms with Crippen molar-refractivity contribution in [1.82, 2.24) is 4.90 Å². The van der Waals surface area contributed by atoms with Crippen LogP contribution in [0.5, 0.6) is 0 Å². The first-order valence-corrected chi connectivity index (χ1v) is 3.30. The number of aliphatic hydroxyl groups is 1. The lowest BCUT2D eigenvalue weighted by Gasteiger charge is -2.11. The van der Waals surface area contributed by atoms with Crippen molar-refractivity contribution in [2.75, 3.05) is 20.2 Å². The van der Waals surface area contributed by atoms with Crippen molar-refractivity contribution in [1.29, 1.82) is 0 Å². The molecule has 0 aromatic rings. The zero-order valence-electron chi connectivity index (χ0n) is 6.21. The monoisotopic (exact) mass is 141 g/mol. The predicted octanol–water partition coefficient (Wildman–Crippen LogP) is -0.0208. The molecule has 0 spiro atoms. The fourth-order valence-corrected chi connectivity index (χ4v) is 0.938. The van der Waals surface area contributed by atoms with E-state index in [-0.39, 0.29) is 5.81 Å². The van der Waals surface area contributed by atoms with Gasteiger partial charge in [-0.15, -0.1) is 0 Å². The summed E-state index contributed by atoms with van der Waals surface area (Å²) < 4.78 is 0. The molecule has 0 aromatic carbocycles. The number of hydrogen-bond acceptors (Lipinski definition) is 2. The van der Waals surface area contributed by atoms with Crippen LogP contribution >= 0.6 is 0 Å². The van der Waals surface area contributed by atoms with Crippen molar-refractivity contribution >= 4 is 13.7 Å². The van der Waals surface area contributed by atoms with Crippen LogP contribution in [0.2, 0.25) is 0 Å². The minimum absolute atomic E-state index is 0.275. The molecule has 0 saturated carbocycles. The first-order valence-electron chi connectivity index (χ1n) is 3.30. The molecule has 0 bridgehead atoms. The second kappa shape index (κ2) is 5.29. The molecular weight excluding hydrogens is 129 g/mol. The van der Waals surface area contributed by atoms with Gasteiger partial charge in [0.2, 0.25) is 7.85 Å². The summed E-state index contributed by atoms with van der Waals surface area (Å²) in [5, 5.41) is 7.00. The lowest BCUT2D eigenvalue weighted by molar-refractivity contribution is 0.232. The molecule has 2 radical (unpaired) electrons. The van der Waals surface area contributed by atoms with E-state index in [4.69, 9.17) is 13.0 Å². The quantitative estimate of drug-likeness (QED) is 0.481. The van der Waals surface area contributed by atoms with Gasteiger partial charge in [0.1, 0.15) is 0 Å². The van der Waals surface area contributed by atoms with Crippen LogP contribution in [0.1, 0.15) is 12.8 Å². The normalized spacial score (nSPS) is 16.0. The van der Waals surface area contributed by atoms with Crippen LogP contribution in [-0.2, 0) is 0 Å². The third-order valence-electron chi connectivity index (χ3n) is 1.42. The predicted molar refractivity (Wildman–Crippen MR) is 40.1 cm³/mol. The molecule has 4 heteroatoms. The zero-order valence-corrected chi connectivity index (χ0v) is 6.21. The number of aliphatic hydroxyl groups excluding tert-OH is 1. The van der Waals surface area contributed by atoms with Gasteiger partial charge in [0.05, 0.1) is 0 Å². The molecule has 1 N–H and O–H groups in total. The summed E-state index contributed by atoms with van der Waals surface area (Å²) in [4.78, 5) is 12.0. The molecule has 0 aromatic heterocycles. The van der Waals surface area contributed by atoms with Crippen molar-refractivity contribution in [2.45, 2.75) is 12.8 Å². The van der Waals surface area contributed by atoms with Crippen LogP contribution in [-0.4, -0.2) is 43.9 Å². The van der Waals surface area contributed by atoms with Gasteiger partial charge in [-0.2, -0.15) is 0 Å². The Labute approximate surface area is 62.4 Å². The number of hydrogen-bond donors (Lipinski definition) is 1. The SMILES string of the molecule is CO.[B]C(=O)N1CCCC1. The molecule has 1 fully saturated rings. The fraction of sp³-hybridized carbons (Fsp3) is 0.833. The smallest absolute Gasteiger partial charge is 0.200 e. The summed E-state index contributed by atoms with van der Waals surface area (Å²) in [6, 6.07) is 0. The third-order valence-corrected chi connectivity index (χ3v) is 1.42. The van der Waals surface area contributed by atoms with E-state index >= 15 is 0 Å². The molecule has 1 rings (SSSR count).